The highest BCUT2D eigenvalue weighted by Crippen LogP contribution is 2.67. The Hall–Kier alpha value is -1.42. The minimum absolute atomic E-state index is 0.0381. The molecule has 1 amide bonds. The third-order valence-corrected chi connectivity index (χ3v) is 10.7. The molecule has 0 radical (unpaired) electrons. The number of allylic oxidation sites excluding steroid dienone is 3. The Morgan fingerprint density at radius 2 is 1.81 bits per heavy atom. The normalized spacial score (nSPS) is 42.6. The lowest BCUT2D eigenvalue weighted by Crippen LogP contribution is -2.56. The molecule has 4 aliphatic rings. The molecule has 0 aromatic carbocycles. The van der Waals surface area contributed by atoms with Crippen molar-refractivity contribution in [1.29, 1.82) is 0 Å². The van der Waals surface area contributed by atoms with Gasteiger partial charge in [-0.15, -0.1) is 0 Å². The van der Waals surface area contributed by atoms with Crippen molar-refractivity contribution in [3.63, 3.8) is 0 Å². The molecule has 3 saturated carbocycles. The van der Waals surface area contributed by atoms with Crippen molar-refractivity contribution < 1.29 is 9.59 Å². The number of hydrogen-bond acceptors (Lipinski definition) is 3. The van der Waals surface area contributed by atoms with Crippen LogP contribution in [-0.4, -0.2) is 36.7 Å². The van der Waals surface area contributed by atoms with E-state index < -0.39 is 0 Å². The van der Waals surface area contributed by atoms with Crippen LogP contribution in [0.3, 0.4) is 0 Å². The third kappa shape index (κ3) is 3.52. The van der Waals surface area contributed by atoms with E-state index >= 15 is 0 Å². The first-order chi connectivity index (χ1) is 15.0. The molecule has 0 unspecified atom stereocenters. The largest absolute Gasteiger partial charge is 0.319 e. The van der Waals surface area contributed by atoms with Crippen LogP contribution in [0.4, 0.5) is 0 Å². The van der Waals surface area contributed by atoms with Crippen molar-refractivity contribution in [2.24, 2.45) is 40.4 Å². The predicted molar refractivity (Wildman–Crippen MR) is 130 cm³/mol. The summed E-state index contributed by atoms with van der Waals surface area (Å²) < 4.78 is 0. The van der Waals surface area contributed by atoms with E-state index in [0.717, 1.165) is 30.6 Å². The zero-order valence-electron chi connectivity index (χ0n) is 21.3. The molecule has 0 saturated heterocycles. The van der Waals surface area contributed by atoms with Crippen LogP contribution < -0.4 is 5.32 Å². The van der Waals surface area contributed by atoms with Crippen LogP contribution in [0.5, 0.6) is 0 Å². The lowest BCUT2D eigenvalue weighted by atomic mass is 9.45. The van der Waals surface area contributed by atoms with Gasteiger partial charge >= 0.3 is 0 Å². The molecular weight excluding hydrogens is 396 g/mol. The summed E-state index contributed by atoms with van der Waals surface area (Å²) in [6, 6.07) is 0.625. The Balaban J connectivity index is 1.56. The lowest BCUT2D eigenvalue weighted by molar-refractivity contribution is -0.141. The summed E-state index contributed by atoms with van der Waals surface area (Å²) in [5.74, 6) is 3.03. The van der Waals surface area contributed by atoms with Crippen LogP contribution in [0, 0.1) is 40.4 Å². The summed E-state index contributed by atoms with van der Waals surface area (Å²) in [6.07, 6.45) is 12.2. The second-order valence-corrected chi connectivity index (χ2v) is 12.1. The van der Waals surface area contributed by atoms with Gasteiger partial charge in [-0.2, -0.15) is 0 Å². The molecule has 8 atom stereocenters. The molecule has 0 heterocycles. The second-order valence-electron chi connectivity index (χ2n) is 12.1. The van der Waals surface area contributed by atoms with E-state index in [1.807, 2.05) is 13.0 Å². The Bertz CT molecular complexity index is 842. The van der Waals surface area contributed by atoms with Gasteiger partial charge in [-0.3, -0.25) is 9.59 Å². The van der Waals surface area contributed by atoms with Gasteiger partial charge in [0.2, 0.25) is 0 Å². The molecule has 1 N–H and O–H groups in total. The molecule has 4 nitrogen and oxygen atoms in total. The Kier molecular flexibility index (Phi) is 6.24. The molecule has 0 spiro atoms. The number of nitrogens with zero attached hydrogens (tertiary/aromatic N) is 1. The fourth-order valence-corrected chi connectivity index (χ4v) is 8.45. The van der Waals surface area contributed by atoms with E-state index in [4.69, 9.17) is 0 Å². The Morgan fingerprint density at radius 1 is 1.12 bits per heavy atom. The van der Waals surface area contributed by atoms with E-state index in [1.165, 1.54) is 32.1 Å². The smallest absolute Gasteiger partial charge is 0.251 e. The van der Waals surface area contributed by atoms with E-state index in [-0.39, 0.29) is 23.0 Å². The molecule has 3 fully saturated rings. The van der Waals surface area contributed by atoms with E-state index in [1.54, 1.807) is 13.0 Å². The minimum atomic E-state index is -0.148. The maximum atomic E-state index is 13.5. The number of ketones is 1. The van der Waals surface area contributed by atoms with Crippen molar-refractivity contribution in [3.8, 4) is 0 Å². The number of hydrogen-bond donors (Lipinski definition) is 1. The molecule has 4 aliphatic carbocycles. The molecular formula is C28H44N2O2. The summed E-state index contributed by atoms with van der Waals surface area (Å²) in [6.45, 7) is 11.0. The van der Waals surface area contributed by atoms with Crippen molar-refractivity contribution in [2.45, 2.75) is 85.6 Å². The molecule has 0 aromatic heterocycles. The summed E-state index contributed by atoms with van der Waals surface area (Å²) in [7, 11) is 4.46. The molecule has 4 rings (SSSR count). The molecule has 0 bridgehead atoms. The first kappa shape index (κ1) is 23.7. The van der Waals surface area contributed by atoms with Gasteiger partial charge in [0.1, 0.15) is 0 Å². The van der Waals surface area contributed by atoms with E-state index in [9.17, 15) is 9.59 Å². The van der Waals surface area contributed by atoms with Crippen LogP contribution in [0.1, 0.15) is 79.6 Å². The summed E-state index contributed by atoms with van der Waals surface area (Å²) in [5.41, 5.74) is 1.67. The second kappa shape index (κ2) is 8.42. The van der Waals surface area contributed by atoms with E-state index in [2.05, 4.69) is 45.1 Å². The minimum Gasteiger partial charge on any atom is -0.319 e. The van der Waals surface area contributed by atoms with Gasteiger partial charge in [-0.1, -0.05) is 26.0 Å². The Labute approximate surface area is 195 Å². The highest BCUT2D eigenvalue weighted by Gasteiger charge is 2.61. The molecule has 4 heteroatoms. The van der Waals surface area contributed by atoms with Crippen molar-refractivity contribution in [1.82, 2.24) is 10.2 Å². The number of amides is 1. The standard InChI is InChI=1S/C28H44N2O2/c1-8-17(2)26(32)29-24-14-16-28(5)22-13-15-27(4)20(18(3)30(6)7)11-12-21(27)19(22)9-10-23(28)25(24)31/h8,14,18-23H,9-13,15-16H2,1-7H3,(H,29,32)/b17-8+/t18-,19-,20+,21+,22-,23-,27+,28-/m0/s1. The number of nitrogens with one attached hydrogen (secondary N) is 1. The maximum absolute atomic E-state index is 13.5. The van der Waals surface area contributed by atoms with Crippen LogP contribution >= 0.6 is 0 Å². The average Bonchev–Trinajstić information content (AvgIpc) is 3.11. The number of rotatable bonds is 4. The highest BCUT2D eigenvalue weighted by molar-refractivity contribution is 6.04. The zero-order chi connectivity index (χ0) is 23.4. The summed E-state index contributed by atoms with van der Waals surface area (Å²) >= 11 is 0. The van der Waals surface area contributed by atoms with Gasteiger partial charge in [-0.05, 0) is 114 Å². The van der Waals surface area contributed by atoms with Gasteiger partial charge in [-0.25, -0.2) is 0 Å². The molecule has 178 valence electrons. The SMILES string of the molecule is C/C=C(\C)C(=O)NC1=CC[C@]2(C)[C@@H](CC[C@H]3[C@H]4CC[C@H]([C@H](C)N(C)C)[C@@]4(C)CC[C@@H]32)C1=O. The van der Waals surface area contributed by atoms with Gasteiger partial charge in [0.25, 0.3) is 5.91 Å². The number of fused-ring (bicyclic) bond motifs is 5. The average molecular weight is 441 g/mol. The van der Waals surface area contributed by atoms with Crippen LogP contribution in [0.2, 0.25) is 0 Å². The van der Waals surface area contributed by atoms with Crippen LogP contribution in [0.25, 0.3) is 0 Å². The van der Waals surface area contributed by atoms with Gasteiger partial charge in [0.15, 0.2) is 5.78 Å². The van der Waals surface area contributed by atoms with Gasteiger partial charge < -0.3 is 10.2 Å². The molecule has 32 heavy (non-hydrogen) atoms. The monoisotopic (exact) mass is 440 g/mol. The fourth-order valence-electron chi connectivity index (χ4n) is 8.45. The number of Topliss-reactive ketones (excluding diaryl/α,β-unsaturated/α-hetero) is 1. The Morgan fingerprint density at radius 3 is 2.47 bits per heavy atom. The van der Waals surface area contributed by atoms with Gasteiger partial charge in [0.05, 0.1) is 5.70 Å². The fraction of sp³-hybridized carbons (Fsp3) is 0.786. The van der Waals surface area contributed by atoms with E-state index in [0.29, 0.717) is 28.6 Å². The lowest BCUT2D eigenvalue weighted by Gasteiger charge is -2.60. The maximum Gasteiger partial charge on any atom is 0.251 e. The first-order valence-electron chi connectivity index (χ1n) is 12.9. The predicted octanol–water partition coefficient (Wildman–Crippen LogP) is 5.35. The topological polar surface area (TPSA) is 49.4 Å². The van der Waals surface area contributed by atoms with Crippen molar-refractivity contribution in [3.05, 3.63) is 23.4 Å². The molecule has 0 aromatic rings. The first-order valence-corrected chi connectivity index (χ1v) is 12.9. The third-order valence-electron chi connectivity index (χ3n) is 10.7. The zero-order valence-corrected chi connectivity index (χ0v) is 21.3. The summed E-state index contributed by atoms with van der Waals surface area (Å²) in [4.78, 5) is 28.3. The van der Waals surface area contributed by atoms with Crippen molar-refractivity contribution >= 4 is 11.7 Å². The van der Waals surface area contributed by atoms with Crippen LogP contribution in [-0.2, 0) is 9.59 Å². The van der Waals surface area contributed by atoms with Gasteiger partial charge in [0, 0.05) is 17.5 Å². The quantitative estimate of drug-likeness (QED) is 0.600. The highest BCUT2D eigenvalue weighted by atomic mass is 16.2. The number of carbonyl (C=O) groups excluding carboxylic acids is 2. The molecule has 0 aliphatic heterocycles. The van der Waals surface area contributed by atoms with Crippen LogP contribution in [0.15, 0.2) is 23.4 Å². The summed E-state index contributed by atoms with van der Waals surface area (Å²) in [5, 5.41) is 2.91. The van der Waals surface area contributed by atoms with Crippen molar-refractivity contribution in [2.75, 3.05) is 14.1 Å². The number of carbonyl (C=O) groups is 2.